The van der Waals surface area contributed by atoms with Crippen LogP contribution < -0.4 is 5.32 Å². The minimum Gasteiger partial charge on any atom is -0.331 e. The Morgan fingerprint density at radius 3 is 2.76 bits per heavy atom. The van der Waals surface area contributed by atoms with Gasteiger partial charge in [0.25, 0.3) is 0 Å². The lowest BCUT2D eigenvalue weighted by Gasteiger charge is -2.31. The van der Waals surface area contributed by atoms with Crippen molar-refractivity contribution < 1.29 is 4.79 Å². The zero-order valence-corrected chi connectivity index (χ0v) is 15.4. The van der Waals surface area contributed by atoms with Gasteiger partial charge in [0.15, 0.2) is 0 Å². The largest absolute Gasteiger partial charge is 0.331 e. The molecule has 1 aliphatic heterocycles. The predicted octanol–water partition coefficient (Wildman–Crippen LogP) is 1.95. The first-order chi connectivity index (χ1) is 12.0. The summed E-state index contributed by atoms with van der Waals surface area (Å²) >= 11 is 0. The fourth-order valence-corrected chi connectivity index (χ4v) is 3.70. The summed E-state index contributed by atoms with van der Waals surface area (Å²) in [5, 5.41) is 7.43. The van der Waals surface area contributed by atoms with Crippen LogP contribution in [0.1, 0.15) is 48.6 Å². The summed E-state index contributed by atoms with van der Waals surface area (Å²) in [6.45, 7) is 7.50. The van der Waals surface area contributed by atoms with E-state index in [1.165, 1.54) is 18.5 Å². The van der Waals surface area contributed by atoms with Crippen LogP contribution in [0.2, 0.25) is 0 Å². The number of amides is 1. The lowest BCUT2D eigenvalue weighted by atomic mass is 10.1. The summed E-state index contributed by atoms with van der Waals surface area (Å²) < 4.78 is 4.15. The molecule has 1 fully saturated rings. The lowest BCUT2D eigenvalue weighted by Crippen LogP contribution is -2.44. The van der Waals surface area contributed by atoms with Crippen LogP contribution in [0.3, 0.4) is 0 Å². The van der Waals surface area contributed by atoms with Crippen molar-refractivity contribution in [2.75, 3.05) is 11.9 Å². The Morgan fingerprint density at radius 1 is 1.36 bits per heavy atom. The molecule has 1 amide bonds. The molecule has 0 saturated heterocycles. The molecule has 1 atom stereocenters. The number of aryl methyl sites for hydroxylation is 2. The van der Waals surface area contributed by atoms with E-state index in [2.05, 4.69) is 24.9 Å². The topological polar surface area (TPSA) is 68.0 Å². The Kier molecular flexibility index (Phi) is 3.91. The summed E-state index contributed by atoms with van der Waals surface area (Å²) in [4.78, 5) is 19.6. The van der Waals surface area contributed by atoms with Crippen LogP contribution in [0.15, 0.2) is 6.33 Å². The molecule has 2 aliphatic rings. The molecule has 0 bridgehead atoms. The molecule has 2 aromatic rings. The normalized spacial score (nSPS) is 18.9. The van der Waals surface area contributed by atoms with E-state index in [0.717, 1.165) is 42.3 Å². The molecule has 0 aromatic carbocycles. The summed E-state index contributed by atoms with van der Waals surface area (Å²) in [7, 11) is 1.89. The first kappa shape index (κ1) is 16.3. The molecule has 1 N–H and O–H groups in total. The fraction of sp³-hybridized carbons (Fsp3) is 0.611. The third-order valence-electron chi connectivity index (χ3n) is 5.60. The molecule has 1 saturated carbocycles. The van der Waals surface area contributed by atoms with Gasteiger partial charge in [-0.25, -0.2) is 4.98 Å². The van der Waals surface area contributed by atoms with E-state index < -0.39 is 0 Å². The summed E-state index contributed by atoms with van der Waals surface area (Å²) in [5.74, 6) is 0.0178. The molecular weight excluding hydrogens is 316 g/mol. The van der Waals surface area contributed by atoms with Crippen LogP contribution in [0.25, 0.3) is 0 Å². The van der Waals surface area contributed by atoms with E-state index in [4.69, 9.17) is 0 Å². The van der Waals surface area contributed by atoms with Gasteiger partial charge in [0.2, 0.25) is 5.91 Å². The quantitative estimate of drug-likeness (QED) is 0.922. The number of imidazole rings is 1. The van der Waals surface area contributed by atoms with Gasteiger partial charge in [-0.3, -0.25) is 14.4 Å². The molecule has 25 heavy (non-hydrogen) atoms. The summed E-state index contributed by atoms with van der Waals surface area (Å²) in [6, 6.07) is 0.471. The van der Waals surface area contributed by atoms with E-state index in [1.54, 1.807) is 4.68 Å². The number of fused-ring (bicyclic) bond motifs is 1. The molecule has 4 rings (SSSR count). The van der Waals surface area contributed by atoms with Crippen molar-refractivity contribution in [2.45, 2.75) is 58.7 Å². The Balaban J connectivity index is 1.45. The molecule has 0 spiro atoms. The van der Waals surface area contributed by atoms with Crippen LogP contribution in [-0.4, -0.2) is 42.7 Å². The highest BCUT2D eigenvalue weighted by Gasteiger charge is 2.32. The summed E-state index contributed by atoms with van der Waals surface area (Å²) in [5.41, 5.74) is 5.15. The molecule has 7 nitrogen and oxygen atoms in total. The molecule has 134 valence electrons. The Bertz CT molecular complexity index is 816. The van der Waals surface area contributed by atoms with E-state index in [1.807, 2.05) is 34.1 Å². The van der Waals surface area contributed by atoms with Gasteiger partial charge in [-0.15, -0.1) is 0 Å². The Hall–Kier alpha value is -2.15. The first-order valence-corrected chi connectivity index (χ1v) is 9.05. The second kappa shape index (κ2) is 5.98. The van der Waals surface area contributed by atoms with Crippen molar-refractivity contribution in [3.8, 4) is 0 Å². The zero-order chi connectivity index (χ0) is 17.7. The van der Waals surface area contributed by atoms with Crippen LogP contribution in [0, 0.1) is 13.8 Å². The van der Waals surface area contributed by atoms with Crippen LogP contribution in [0.5, 0.6) is 0 Å². The number of hydrogen-bond donors (Lipinski definition) is 1. The molecule has 0 unspecified atom stereocenters. The van der Waals surface area contributed by atoms with Crippen molar-refractivity contribution in [1.29, 1.82) is 0 Å². The minimum absolute atomic E-state index is 0.0178. The van der Waals surface area contributed by atoms with Gasteiger partial charge in [-0.05, 0) is 33.6 Å². The van der Waals surface area contributed by atoms with Crippen molar-refractivity contribution in [1.82, 2.24) is 24.2 Å². The highest BCUT2D eigenvalue weighted by atomic mass is 16.2. The lowest BCUT2D eigenvalue weighted by molar-refractivity contribution is -0.121. The van der Waals surface area contributed by atoms with Crippen molar-refractivity contribution in [3.05, 3.63) is 29.1 Å². The monoisotopic (exact) mass is 342 g/mol. The second-order valence-corrected chi connectivity index (χ2v) is 7.33. The van der Waals surface area contributed by atoms with Gasteiger partial charge in [0.1, 0.15) is 0 Å². The van der Waals surface area contributed by atoms with E-state index in [9.17, 15) is 4.79 Å². The van der Waals surface area contributed by atoms with E-state index in [-0.39, 0.29) is 11.9 Å². The van der Waals surface area contributed by atoms with Crippen LogP contribution in [0.4, 0.5) is 5.69 Å². The third-order valence-corrected chi connectivity index (χ3v) is 5.60. The second-order valence-electron chi connectivity index (χ2n) is 7.33. The van der Waals surface area contributed by atoms with E-state index >= 15 is 0 Å². The highest BCUT2D eigenvalue weighted by molar-refractivity contribution is 5.95. The number of anilines is 1. The number of aromatic nitrogens is 4. The van der Waals surface area contributed by atoms with Gasteiger partial charge in [-0.1, -0.05) is 0 Å². The number of rotatable bonds is 4. The maximum atomic E-state index is 12.7. The molecule has 1 aliphatic carbocycles. The highest BCUT2D eigenvalue weighted by Crippen LogP contribution is 2.37. The molecule has 7 heteroatoms. The number of nitrogens with zero attached hydrogens (tertiary/aromatic N) is 5. The van der Waals surface area contributed by atoms with Crippen LogP contribution >= 0.6 is 0 Å². The third kappa shape index (κ3) is 2.86. The van der Waals surface area contributed by atoms with Gasteiger partial charge in [0.05, 0.1) is 35.1 Å². The number of hydrogen-bond acceptors (Lipinski definition) is 4. The Labute approximate surface area is 148 Å². The first-order valence-electron chi connectivity index (χ1n) is 9.05. The molecule has 0 radical (unpaired) electrons. The zero-order valence-electron chi connectivity index (χ0n) is 15.4. The minimum atomic E-state index is -0.196. The van der Waals surface area contributed by atoms with Crippen molar-refractivity contribution >= 4 is 11.6 Å². The SMILES string of the molecule is Cc1nn(C)c(C)c1NC(=O)[C@@H](C)N1CCc2c(ncn2C2CC2)C1. The standard InChI is InChI=1S/C18H26N6O/c1-11-17(12(2)22(4)21-11)20-18(25)13(3)23-8-7-16-15(9-23)19-10-24(16)14-5-6-14/h10,13-14H,5-9H2,1-4H3,(H,20,25)/t13-/m1/s1. The predicted molar refractivity (Wildman–Crippen MR) is 95.4 cm³/mol. The van der Waals surface area contributed by atoms with E-state index in [0.29, 0.717) is 6.04 Å². The fourth-order valence-electron chi connectivity index (χ4n) is 3.70. The number of nitrogens with one attached hydrogen (secondary N) is 1. The maximum absolute atomic E-state index is 12.7. The molecular formula is C18H26N6O. The number of carbonyl (C=O) groups excluding carboxylic acids is 1. The van der Waals surface area contributed by atoms with Crippen molar-refractivity contribution in [2.24, 2.45) is 7.05 Å². The van der Waals surface area contributed by atoms with Crippen molar-refractivity contribution in [3.63, 3.8) is 0 Å². The van der Waals surface area contributed by atoms with Crippen LogP contribution in [-0.2, 0) is 24.8 Å². The smallest absolute Gasteiger partial charge is 0.241 e. The van der Waals surface area contributed by atoms with Gasteiger partial charge in [-0.2, -0.15) is 5.10 Å². The number of carbonyl (C=O) groups is 1. The van der Waals surface area contributed by atoms with Gasteiger partial charge in [0, 0.05) is 38.3 Å². The molecule has 3 heterocycles. The Morgan fingerprint density at radius 2 is 2.12 bits per heavy atom. The molecule has 2 aromatic heterocycles. The van der Waals surface area contributed by atoms with Gasteiger partial charge < -0.3 is 9.88 Å². The summed E-state index contributed by atoms with van der Waals surface area (Å²) in [6.07, 6.45) is 5.50. The average molecular weight is 342 g/mol. The maximum Gasteiger partial charge on any atom is 0.241 e. The van der Waals surface area contributed by atoms with Gasteiger partial charge >= 0.3 is 0 Å². The average Bonchev–Trinajstić information content (AvgIpc) is 3.31.